The van der Waals surface area contributed by atoms with Crippen molar-refractivity contribution in [3.05, 3.63) is 140 Å². The summed E-state index contributed by atoms with van der Waals surface area (Å²) in [6.45, 7) is -0.0778. The number of aryl methyl sites for hydroxylation is 2. The average molecular weight is 824 g/mol. The van der Waals surface area contributed by atoms with Crippen molar-refractivity contribution in [2.45, 2.75) is 102 Å². The van der Waals surface area contributed by atoms with E-state index in [2.05, 4.69) is 17.1 Å². The van der Waals surface area contributed by atoms with Gasteiger partial charge in [-0.3, -0.25) is 9.59 Å². The quantitative estimate of drug-likeness (QED) is 0.0651. The summed E-state index contributed by atoms with van der Waals surface area (Å²) in [5.74, 6) is -0.881. The van der Waals surface area contributed by atoms with Gasteiger partial charge in [0.1, 0.15) is 11.5 Å². The zero-order valence-electron chi connectivity index (χ0n) is 34.8. The van der Waals surface area contributed by atoms with Crippen LogP contribution in [-0.4, -0.2) is 62.8 Å². The van der Waals surface area contributed by atoms with Gasteiger partial charge in [0.15, 0.2) is 17.3 Å². The van der Waals surface area contributed by atoms with Gasteiger partial charge < -0.3 is 40.4 Å². The van der Waals surface area contributed by atoms with Gasteiger partial charge in [0.2, 0.25) is 0 Å². The maximum Gasteiger partial charge on any atom is 0.161 e. The van der Waals surface area contributed by atoms with E-state index in [4.69, 9.17) is 15.0 Å². The molecule has 5 N–H and O–H groups in total. The van der Waals surface area contributed by atoms with Gasteiger partial charge in [-0.1, -0.05) is 84.2 Å². The van der Waals surface area contributed by atoms with Crippen LogP contribution in [0.15, 0.2) is 84.7 Å². The number of carbonyl (C=O) groups is 2. The predicted molar refractivity (Wildman–Crippen MR) is 236 cm³/mol. The Hall–Kier alpha value is -5.58. The highest BCUT2D eigenvalue weighted by molar-refractivity contribution is 6.05. The number of aromatic amines is 1. The van der Waals surface area contributed by atoms with Crippen LogP contribution in [0.2, 0.25) is 0 Å². The minimum absolute atomic E-state index is 0.00967. The van der Waals surface area contributed by atoms with Crippen molar-refractivity contribution in [2.75, 3.05) is 19.8 Å². The molecule has 0 saturated heterocycles. The first kappa shape index (κ1) is 42.1. The Morgan fingerprint density at radius 1 is 0.803 bits per heavy atom. The van der Waals surface area contributed by atoms with Crippen LogP contribution in [0.3, 0.4) is 0 Å². The maximum absolute atomic E-state index is 15.2. The molecule has 5 aromatic rings. The molecule has 2 aromatic heterocycles. The molecule has 3 aliphatic rings. The Morgan fingerprint density at radius 2 is 1.66 bits per heavy atom. The van der Waals surface area contributed by atoms with E-state index in [1.807, 2.05) is 54.7 Å². The van der Waals surface area contributed by atoms with Gasteiger partial charge in [0, 0.05) is 37.5 Å². The van der Waals surface area contributed by atoms with E-state index in [0.717, 1.165) is 95.2 Å². The zero-order valence-corrected chi connectivity index (χ0v) is 34.8. The Morgan fingerprint density at radius 3 is 2.48 bits per heavy atom. The minimum atomic E-state index is -1.02. The Labute approximate surface area is 358 Å². The van der Waals surface area contributed by atoms with Gasteiger partial charge in [-0.25, -0.2) is 0 Å². The molecule has 3 heterocycles. The van der Waals surface area contributed by atoms with E-state index in [1.54, 1.807) is 18.3 Å². The standard InChI is InChI=1S/C51H57N3O7/c55-22-18-35-14-12-33-24-37(35)29-36-16-20-53-51(36)54-31-39-30-45-42(17-21-52-45)43(11-4-1-6-32-7-5-8-40(57)27-32)48(39)50(60)44(19-23-56)46(58)15-13-34-26-38(25-33)49(59)47(28-34)61-41-9-2-3-10-41/h5,7-8,12,14,16-17,20-21,24,26-28,30,41,43-44,48,53,55-57,59H,1-4,6,9-11,13,15,18-19,22-23,25,29,31H2/q-2. The fourth-order valence-corrected chi connectivity index (χ4v) is 9.88. The smallest absolute Gasteiger partial charge is 0.161 e. The lowest BCUT2D eigenvalue weighted by Gasteiger charge is -2.37. The number of ketones is 2. The van der Waals surface area contributed by atoms with E-state index in [9.17, 15) is 25.2 Å². The fourth-order valence-electron chi connectivity index (χ4n) is 9.88. The number of aromatic hydroxyl groups is 2. The van der Waals surface area contributed by atoms with Crippen molar-refractivity contribution in [3.63, 3.8) is 0 Å². The molecular weight excluding hydrogens is 767 g/mol. The number of ether oxygens (including phenoxy) is 1. The number of benzene rings is 3. The number of carbonyl (C=O) groups excluding carboxylic acids is 2. The van der Waals surface area contributed by atoms with Crippen LogP contribution in [0.4, 0.5) is 5.82 Å². The van der Waals surface area contributed by atoms with E-state index in [-0.39, 0.29) is 67.7 Å². The van der Waals surface area contributed by atoms with Crippen molar-refractivity contribution in [1.29, 1.82) is 0 Å². The first-order valence-corrected chi connectivity index (χ1v) is 22.1. The number of phenols is 2. The van der Waals surface area contributed by atoms with Gasteiger partial charge in [-0.2, -0.15) is 6.20 Å². The van der Waals surface area contributed by atoms with Crippen LogP contribution in [0, 0.1) is 11.8 Å². The number of rotatable bonds is 11. The van der Waals surface area contributed by atoms with Gasteiger partial charge in [0.05, 0.1) is 12.0 Å². The molecule has 0 spiro atoms. The number of fused-ring (bicyclic) bond motifs is 7. The molecule has 4 bridgehead atoms. The van der Waals surface area contributed by atoms with Crippen molar-refractivity contribution in [3.8, 4) is 17.2 Å². The molecule has 3 atom stereocenters. The van der Waals surface area contributed by atoms with Gasteiger partial charge in [0.25, 0.3) is 0 Å². The Balaban J connectivity index is 1.17. The molecule has 3 aromatic carbocycles. The summed E-state index contributed by atoms with van der Waals surface area (Å²) in [4.78, 5) is 37.6. The lowest BCUT2D eigenvalue weighted by atomic mass is 9.69. The number of aliphatic hydroxyl groups excluding tert-OH is 2. The van der Waals surface area contributed by atoms with E-state index < -0.39 is 11.8 Å². The van der Waals surface area contributed by atoms with Crippen molar-refractivity contribution >= 4 is 23.5 Å². The number of hydrogen-bond acceptors (Lipinski definition) is 7. The lowest BCUT2D eigenvalue weighted by Crippen LogP contribution is -2.37. The van der Waals surface area contributed by atoms with E-state index in [0.29, 0.717) is 49.2 Å². The second-order valence-electron chi connectivity index (χ2n) is 17.2. The molecule has 320 valence electrons. The number of Topliss-reactive ketones (excluding diaryl/α,β-unsaturated/α-hetero) is 2. The van der Waals surface area contributed by atoms with Crippen LogP contribution in [0.1, 0.15) is 114 Å². The molecule has 0 amide bonds. The Kier molecular flexibility index (Phi) is 13.4. The number of hydrogen-bond donors (Lipinski definition) is 5. The molecule has 1 saturated carbocycles. The largest absolute Gasteiger partial charge is 0.664 e. The SMILES string of the molecule is O=C1CCc2cc(c(O)c(OC3CCCC3)c2)Cc2ccc(CCO)c(c2)Cc2cc[nH]c2[N-]CC2=Cc3[n-]ccc3C(CCCCc3cccc(O)c3)C2C(=O)C1CCO. The highest BCUT2D eigenvalue weighted by atomic mass is 16.5. The molecule has 10 heteroatoms. The molecule has 10 nitrogen and oxygen atoms in total. The highest BCUT2D eigenvalue weighted by Gasteiger charge is 2.40. The molecule has 8 rings (SSSR count). The summed E-state index contributed by atoms with van der Waals surface area (Å²) in [6, 6.07) is 21.3. The molecule has 61 heavy (non-hydrogen) atoms. The minimum Gasteiger partial charge on any atom is -0.664 e. The number of aromatic nitrogens is 2. The Bertz CT molecular complexity index is 2350. The molecule has 1 fully saturated rings. The number of H-pyrrole nitrogens is 1. The summed E-state index contributed by atoms with van der Waals surface area (Å²) in [6.07, 6.45) is 14.7. The van der Waals surface area contributed by atoms with Gasteiger partial charge in [-0.05, 0) is 135 Å². The van der Waals surface area contributed by atoms with E-state index in [1.165, 1.54) is 0 Å². The third-order valence-electron chi connectivity index (χ3n) is 13.0. The monoisotopic (exact) mass is 823 g/mol. The average Bonchev–Trinajstić information content (AvgIpc) is 4.05. The molecular formula is C51H57N3O7-2. The second kappa shape index (κ2) is 19.4. The molecule has 3 unspecified atom stereocenters. The zero-order chi connectivity index (χ0) is 42.3. The summed E-state index contributed by atoms with van der Waals surface area (Å²) >= 11 is 0. The second-order valence-corrected chi connectivity index (χ2v) is 17.2. The highest BCUT2D eigenvalue weighted by Crippen LogP contribution is 2.45. The van der Waals surface area contributed by atoms with E-state index >= 15 is 4.79 Å². The molecule has 2 aliphatic carbocycles. The normalized spacial score (nSPS) is 19.8. The van der Waals surface area contributed by atoms with Crippen LogP contribution < -0.4 is 9.72 Å². The summed E-state index contributed by atoms with van der Waals surface area (Å²) in [5.41, 5.74) is 9.21. The number of phenolic OH excluding ortho intramolecular Hbond substituents is 2. The van der Waals surface area contributed by atoms with Crippen molar-refractivity contribution in [1.82, 2.24) is 9.97 Å². The summed E-state index contributed by atoms with van der Waals surface area (Å²) in [7, 11) is 0. The van der Waals surface area contributed by atoms with Crippen LogP contribution in [0.5, 0.6) is 17.2 Å². The van der Waals surface area contributed by atoms with Gasteiger partial charge in [-0.15, -0.1) is 5.69 Å². The lowest BCUT2D eigenvalue weighted by molar-refractivity contribution is -0.135. The first-order valence-electron chi connectivity index (χ1n) is 22.1. The van der Waals surface area contributed by atoms with Crippen LogP contribution in [0.25, 0.3) is 11.4 Å². The van der Waals surface area contributed by atoms with Gasteiger partial charge >= 0.3 is 0 Å². The number of aliphatic hydroxyl groups is 2. The van der Waals surface area contributed by atoms with Crippen LogP contribution in [-0.2, 0) is 41.7 Å². The van der Waals surface area contributed by atoms with Crippen molar-refractivity contribution in [2.24, 2.45) is 11.8 Å². The van der Waals surface area contributed by atoms with Crippen molar-refractivity contribution < 1.29 is 34.8 Å². The number of nitrogens with zero attached hydrogens (tertiary/aromatic N) is 2. The predicted octanol–water partition coefficient (Wildman–Crippen LogP) is 8.72. The summed E-state index contributed by atoms with van der Waals surface area (Å²) in [5, 5.41) is 47.2. The number of nitrogens with one attached hydrogen (secondary N) is 1. The molecule has 0 radical (unpaired) electrons. The maximum atomic E-state index is 15.2. The number of unbranched alkanes of at least 4 members (excludes halogenated alkanes) is 1. The van der Waals surface area contributed by atoms with Crippen LogP contribution >= 0.6 is 0 Å². The molecule has 1 aliphatic heterocycles. The fraction of sp³-hybridized carbons (Fsp3) is 0.412. The third-order valence-corrected chi connectivity index (χ3v) is 13.0. The summed E-state index contributed by atoms with van der Waals surface area (Å²) < 4.78 is 6.43. The topological polar surface area (TPSA) is 168 Å². The third kappa shape index (κ3) is 9.82. The first-order chi connectivity index (χ1) is 29.8.